The topological polar surface area (TPSA) is 39.4 Å². The smallest absolute Gasteiger partial charge is 0.234 e. The lowest BCUT2D eigenvalue weighted by atomic mass is 10.1. The Balaban J connectivity index is 2.12. The van der Waals surface area contributed by atoms with Crippen molar-refractivity contribution in [2.24, 2.45) is 0 Å². The number of hydrogen-bond donors (Lipinski definition) is 0. The molecule has 0 N–H and O–H groups in total. The molecule has 0 radical (unpaired) electrons. The minimum atomic E-state index is -0.629. The quantitative estimate of drug-likeness (QED) is 0.679. The normalized spacial score (nSPS) is 10.8. The van der Waals surface area contributed by atoms with Crippen molar-refractivity contribution in [3.63, 3.8) is 0 Å². The lowest BCUT2D eigenvalue weighted by molar-refractivity contribution is 0.100. The van der Waals surface area contributed by atoms with Crippen molar-refractivity contribution >= 4 is 16.8 Å². The molecule has 0 unspecified atom stereocenters. The first-order valence-electron chi connectivity index (χ1n) is 6.47. The van der Waals surface area contributed by atoms with E-state index in [0.717, 1.165) is 10.9 Å². The molecule has 0 saturated heterocycles. The van der Waals surface area contributed by atoms with Gasteiger partial charge >= 0.3 is 0 Å². The summed E-state index contributed by atoms with van der Waals surface area (Å²) in [7, 11) is 1.40. The lowest BCUT2D eigenvalue weighted by Gasteiger charge is -2.06. The highest BCUT2D eigenvalue weighted by Gasteiger charge is 2.22. The molecule has 1 heterocycles. The average molecular weight is 284 g/mol. The molecule has 2 aromatic carbocycles. The Morgan fingerprint density at radius 3 is 2.76 bits per heavy atom. The fraction of sp³-hybridized carbons (Fsp3) is 0.118. The molecule has 106 valence electrons. The Bertz CT molecular complexity index is 833. The van der Waals surface area contributed by atoms with Crippen LogP contribution in [0.15, 0.2) is 46.9 Å². The number of benzene rings is 2. The molecule has 0 atom stereocenters. The third-order valence-corrected chi connectivity index (χ3v) is 3.32. The van der Waals surface area contributed by atoms with Crippen molar-refractivity contribution in [1.29, 1.82) is 0 Å². The predicted molar refractivity (Wildman–Crippen MR) is 77.3 cm³/mol. The number of ether oxygens (including phenoxy) is 1. The summed E-state index contributed by atoms with van der Waals surface area (Å²) >= 11 is 0. The van der Waals surface area contributed by atoms with Crippen LogP contribution in [0.2, 0.25) is 0 Å². The van der Waals surface area contributed by atoms with Gasteiger partial charge in [-0.3, -0.25) is 4.79 Å². The Labute approximate surface area is 120 Å². The average Bonchev–Trinajstić information content (AvgIpc) is 2.89. The van der Waals surface area contributed by atoms with Crippen molar-refractivity contribution < 1.29 is 18.3 Å². The number of methoxy groups -OCH3 is 1. The molecule has 3 aromatic rings. The standard InChI is InChI=1S/C17H13FO3/c1-10-6-7-13-11(8-10)9-15(21-13)17(19)16-12(18)4-3-5-14(16)20-2/h3-9H,1-2H3. The van der Waals surface area contributed by atoms with Gasteiger partial charge in [-0.05, 0) is 37.3 Å². The van der Waals surface area contributed by atoms with Crippen molar-refractivity contribution in [3.05, 3.63) is 65.2 Å². The first-order chi connectivity index (χ1) is 10.1. The van der Waals surface area contributed by atoms with Gasteiger partial charge in [0.05, 0.1) is 7.11 Å². The third-order valence-electron chi connectivity index (χ3n) is 3.32. The first-order valence-corrected chi connectivity index (χ1v) is 6.47. The van der Waals surface area contributed by atoms with Gasteiger partial charge in [-0.15, -0.1) is 0 Å². The maximum absolute atomic E-state index is 14.0. The molecule has 0 aliphatic rings. The fourth-order valence-corrected chi connectivity index (χ4v) is 2.29. The van der Waals surface area contributed by atoms with E-state index in [1.54, 1.807) is 18.2 Å². The van der Waals surface area contributed by atoms with Gasteiger partial charge in [0.25, 0.3) is 0 Å². The molecule has 0 aliphatic heterocycles. The number of halogens is 1. The van der Waals surface area contributed by atoms with Crippen LogP contribution < -0.4 is 4.74 Å². The molecule has 3 nitrogen and oxygen atoms in total. The SMILES string of the molecule is COc1cccc(F)c1C(=O)c1cc2cc(C)ccc2o1. The number of carbonyl (C=O) groups is 1. The van der Waals surface area contributed by atoms with Crippen LogP contribution >= 0.6 is 0 Å². The van der Waals surface area contributed by atoms with Gasteiger partial charge in [-0.1, -0.05) is 17.7 Å². The van der Waals surface area contributed by atoms with Gasteiger partial charge in [-0.25, -0.2) is 4.39 Å². The Morgan fingerprint density at radius 2 is 2.00 bits per heavy atom. The van der Waals surface area contributed by atoms with Gasteiger partial charge in [0.15, 0.2) is 5.76 Å². The molecular formula is C17H13FO3. The summed E-state index contributed by atoms with van der Waals surface area (Å²) in [6.07, 6.45) is 0. The van der Waals surface area contributed by atoms with Crippen molar-refractivity contribution in [3.8, 4) is 5.75 Å². The summed E-state index contributed by atoms with van der Waals surface area (Å²) in [5.74, 6) is -0.870. The van der Waals surface area contributed by atoms with Gasteiger partial charge in [0.2, 0.25) is 5.78 Å². The van der Waals surface area contributed by atoms with E-state index in [9.17, 15) is 9.18 Å². The van der Waals surface area contributed by atoms with E-state index in [-0.39, 0.29) is 17.1 Å². The van der Waals surface area contributed by atoms with E-state index in [4.69, 9.17) is 9.15 Å². The molecule has 4 heteroatoms. The van der Waals surface area contributed by atoms with Crippen LogP contribution in [0.1, 0.15) is 21.7 Å². The minimum Gasteiger partial charge on any atom is -0.496 e. The molecule has 0 saturated carbocycles. The first kappa shape index (κ1) is 13.4. The van der Waals surface area contributed by atoms with Crippen LogP contribution in [-0.4, -0.2) is 12.9 Å². The van der Waals surface area contributed by atoms with Gasteiger partial charge < -0.3 is 9.15 Å². The van der Waals surface area contributed by atoms with E-state index < -0.39 is 11.6 Å². The summed E-state index contributed by atoms with van der Waals surface area (Å²) in [5.41, 5.74) is 1.54. The molecule has 21 heavy (non-hydrogen) atoms. The molecule has 0 spiro atoms. The number of furan rings is 1. The zero-order chi connectivity index (χ0) is 15.0. The zero-order valence-electron chi connectivity index (χ0n) is 11.6. The van der Waals surface area contributed by atoms with Crippen LogP contribution in [0, 0.1) is 12.7 Å². The molecule has 0 amide bonds. The summed E-state index contributed by atoms with van der Waals surface area (Å²) in [6, 6.07) is 11.5. The number of hydrogen-bond acceptors (Lipinski definition) is 3. The van der Waals surface area contributed by atoms with E-state index >= 15 is 0 Å². The van der Waals surface area contributed by atoms with Crippen LogP contribution in [0.5, 0.6) is 5.75 Å². The number of ketones is 1. The second kappa shape index (κ2) is 5.05. The number of carbonyl (C=O) groups excluding carboxylic acids is 1. The third kappa shape index (κ3) is 2.29. The molecule has 0 fully saturated rings. The maximum Gasteiger partial charge on any atom is 0.234 e. The van der Waals surface area contributed by atoms with Crippen LogP contribution in [-0.2, 0) is 0 Å². The van der Waals surface area contributed by atoms with E-state index in [0.29, 0.717) is 5.58 Å². The number of fused-ring (bicyclic) bond motifs is 1. The monoisotopic (exact) mass is 284 g/mol. The highest BCUT2D eigenvalue weighted by atomic mass is 19.1. The molecular weight excluding hydrogens is 271 g/mol. The molecule has 0 bridgehead atoms. The van der Waals surface area contributed by atoms with Crippen LogP contribution in [0.4, 0.5) is 4.39 Å². The Hall–Kier alpha value is -2.62. The highest BCUT2D eigenvalue weighted by Crippen LogP contribution is 2.27. The summed E-state index contributed by atoms with van der Waals surface area (Å²) < 4.78 is 24.5. The van der Waals surface area contributed by atoms with E-state index in [2.05, 4.69) is 0 Å². The second-order valence-electron chi connectivity index (χ2n) is 4.80. The summed E-state index contributed by atoms with van der Waals surface area (Å²) in [4.78, 5) is 12.5. The van der Waals surface area contributed by atoms with Crippen molar-refractivity contribution in [1.82, 2.24) is 0 Å². The van der Waals surface area contributed by atoms with Gasteiger partial charge in [0.1, 0.15) is 22.7 Å². The lowest BCUT2D eigenvalue weighted by Crippen LogP contribution is -2.05. The minimum absolute atomic E-state index is 0.0963. The molecule has 1 aromatic heterocycles. The Kier molecular flexibility index (Phi) is 3.22. The molecule has 0 aliphatic carbocycles. The fourth-order valence-electron chi connectivity index (χ4n) is 2.29. The van der Waals surface area contributed by atoms with E-state index in [1.165, 1.54) is 19.2 Å². The number of aryl methyl sites for hydroxylation is 1. The van der Waals surface area contributed by atoms with Crippen LogP contribution in [0.3, 0.4) is 0 Å². The maximum atomic E-state index is 14.0. The summed E-state index contributed by atoms with van der Waals surface area (Å²) in [6.45, 7) is 1.95. The Morgan fingerprint density at radius 1 is 1.19 bits per heavy atom. The highest BCUT2D eigenvalue weighted by molar-refractivity contribution is 6.10. The second-order valence-corrected chi connectivity index (χ2v) is 4.80. The molecule has 3 rings (SSSR count). The van der Waals surface area contributed by atoms with Crippen molar-refractivity contribution in [2.45, 2.75) is 6.92 Å². The number of rotatable bonds is 3. The largest absolute Gasteiger partial charge is 0.496 e. The zero-order valence-corrected chi connectivity index (χ0v) is 11.6. The predicted octanol–water partition coefficient (Wildman–Crippen LogP) is 4.12. The van der Waals surface area contributed by atoms with Gasteiger partial charge in [-0.2, -0.15) is 0 Å². The summed E-state index contributed by atoms with van der Waals surface area (Å²) in [5, 5.41) is 0.814. The van der Waals surface area contributed by atoms with E-state index in [1.807, 2.05) is 19.1 Å². The van der Waals surface area contributed by atoms with Crippen LogP contribution in [0.25, 0.3) is 11.0 Å². The van der Waals surface area contributed by atoms with Crippen molar-refractivity contribution in [2.75, 3.05) is 7.11 Å². The van der Waals surface area contributed by atoms with Gasteiger partial charge in [0, 0.05) is 5.39 Å².